The summed E-state index contributed by atoms with van der Waals surface area (Å²) in [5, 5.41) is 9.33. The molecule has 1 aromatic heterocycles. The van der Waals surface area contributed by atoms with E-state index in [1.54, 1.807) is 0 Å². The van der Waals surface area contributed by atoms with Crippen LogP contribution in [0.15, 0.2) is 18.2 Å². The predicted octanol–water partition coefficient (Wildman–Crippen LogP) is 2.73. The molecule has 0 spiro atoms. The van der Waals surface area contributed by atoms with Gasteiger partial charge >= 0.3 is 5.97 Å². The van der Waals surface area contributed by atoms with Crippen molar-refractivity contribution in [2.75, 3.05) is 5.73 Å². The van der Waals surface area contributed by atoms with Gasteiger partial charge in [0.1, 0.15) is 28.7 Å². The summed E-state index contributed by atoms with van der Waals surface area (Å²) >= 11 is 1.15. The van der Waals surface area contributed by atoms with E-state index < -0.39 is 11.8 Å². The summed E-state index contributed by atoms with van der Waals surface area (Å²) in [7, 11) is 0. The first-order chi connectivity index (χ1) is 8.58. The number of aromatic carboxylic acids is 1. The van der Waals surface area contributed by atoms with Crippen LogP contribution in [0, 0.1) is 5.82 Å². The van der Waals surface area contributed by atoms with Crippen LogP contribution in [0.4, 0.5) is 9.39 Å². The first-order valence-corrected chi connectivity index (χ1v) is 5.96. The first-order valence-electron chi connectivity index (χ1n) is 5.15. The Hall–Kier alpha value is -2.08. The molecule has 4 nitrogen and oxygen atoms in total. The van der Waals surface area contributed by atoms with Gasteiger partial charge in [-0.1, -0.05) is 0 Å². The minimum atomic E-state index is -1.09. The number of carboxylic acid groups (broad SMARTS) is 1. The number of nitrogen functional groups attached to an aromatic ring is 1. The molecule has 2 heterocycles. The molecule has 1 aliphatic heterocycles. The Kier molecular flexibility index (Phi) is 2.27. The molecule has 0 saturated heterocycles. The average Bonchev–Trinajstić information content (AvgIpc) is 2.65. The van der Waals surface area contributed by atoms with Crippen molar-refractivity contribution in [3.63, 3.8) is 0 Å². The van der Waals surface area contributed by atoms with Gasteiger partial charge in [0, 0.05) is 16.0 Å². The van der Waals surface area contributed by atoms with Crippen molar-refractivity contribution in [2.24, 2.45) is 0 Å². The summed E-state index contributed by atoms with van der Waals surface area (Å²) in [4.78, 5) is 11.8. The summed E-state index contributed by atoms with van der Waals surface area (Å²) < 4.78 is 18.7. The molecular formula is C12H8FNO3S. The van der Waals surface area contributed by atoms with E-state index in [0.29, 0.717) is 21.8 Å². The van der Waals surface area contributed by atoms with Crippen molar-refractivity contribution in [3.05, 3.63) is 35.1 Å². The lowest BCUT2D eigenvalue weighted by atomic mass is 10.0. The summed E-state index contributed by atoms with van der Waals surface area (Å²) in [6, 6.07) is 4.16. The third kappa shape index (κ3) is 1.46. The third-order valence-electron chi connectivity index (χ3n) is 2.81. The number of benzene rings is 1. The Bertz CT molecular complexity index is 666. The molecule has 92 valence electrons. The van der Waals surface area contributed by atoms with Gasteiger partial charge in [-0.3, -0.25) is 0 Å². The molecule has 3 N–H and O–H groups in total. The number of hydrogen-bond acceptors (Lipinski definition) is 4. The van der Waals surface area contributed by atoms with Crippen LogP contribution in [-0.2, 0) is 6.61 Å². The Morgan fingerprint density at radius 1 is 1.50 bits per heavy atom. The van der Waals surface area contributed by atoms with Gasteiger partial charge in [-0.05, 0) is 18.2 Å². The van der Waals surface area contributed by atoms with Gasteiger partial charge < -0.3 is 15.6 Å². The van der Waals surface area contributed by atoms with Crippen LogP contribution in [-0.4, -0.2) is 11.1 Å². The van der Waals surface area contributed by atoms with E-state index in [2.05, 4.69) is 0 Å². The standard InChI is InChI=1S/C12H8FNO3S/c13-5-1-2-8-6(3-5)10-7(4-17-8)9(12(15)16)11(14)18-10/h1-3H,4,14H2,(H,15,16). The number of nitrogens with two attached hydrogens (primary N) is 1. The second kappa shape index (κ2) is 3.71. The molecule has 1 aliphatic rings. The highest BCUT2D eigenvalue weighted by molar-refractivity contribution is 7.20. The van der Waals surface area contributed by atoms with E-state index in [1.165, 1.54) is 18.2 Å². The van der Waals surface area contributed by atoms with Crippen molar-refractivity contribution in [1.82, 2.24) is 0 Å². The Labute approximate surface area is 105 Å². The predicted molar refractivity (Wildman–Crippen MR) is 65.4 cm³/mol. The maximum absolute atomic E-state index is 13.3. The van der Waals surface area contributed by atoms with Gasteiger partial charge in [-0.15, -0.1) is 11.3 Å². The molecule has 0 fully saturated rings. The van der Waals surface area contributed by atoms with Crippen molar-refractivity contribution in [3.8, 4) is 16.2 Å². The number of anilines is 1. The maximum atomic E-state index is 13.3. The van der Waals surface area contributed by atoms with Crippen molar-refractivity contribution in [1.29, 1.82) is 0 Å². The highest BCUT2D eigenvalue weighted by atomic mass is 32.1. The van der Waals surface area contributed by atoms with Gasteiger partial charge in [0.25, 0.3) is 0 Å². The van der Waals surface area contributed by atoms with Gasteiger partial charge in [-0.2, -0.15) is 0 Å². The average molecular weight is 265 g/mol. The SMILES string of the molecule is Nc1sc2c(c1C(=O)O)COc1ccc(F)cc1-2. The molecule has 6 heteroatoms. The van der Waals surface area contributed by atoms with E-state index in [9.17, 15) is 9.18 Å². The van der Waals surface area contributed by atoms with E-state index in [4.69, 9.17) is 15.6 Å². The zero-order valence-corrected chi connectivity index (χ0v) is 9.88. The lowest BCUT2D eigenvalue weighted by Gasteiger charge is -2.17. The number of rotatable bonds is 1. The molecule has 0 aliphatic carbocycles. The lowest BCUT2D eigenvalue weighted by molar-refractivity contribution is 0.0695. The van der Waals surface area contributed by atoms with Crippen molar-refractivity contribution < 1.29 is 19.0 Å². The fourth-order valence-corrected chi connectivity index (χ4v) is 3.12. The molecule has 3 rings (SSSR count). The monoisotopic (exact) mass is 265 g/mol. The van der Waals surface area contributed by atoms with Gasteiger partial charge in [0.15, 0.2) is 0 Å². The van der Waals surface area contributed by atoms with Crippen LogP contribution < -0.4 is 10.5 Å². The minimum Gasteiger partial charge on any atom is -0.488 e. The summed E-state index contributed by atoms with van der Waals surface area (Å²) in [6.45, 7) is 0.142. The van der Waals surface area contributed by atoms with Crippen LogP contribution >= 0.6 is 11.3 Å². The van der Waals surface area contributed by atoms with Crippen LogP contribution in [0.25, 0.3) is 10.4 Å². The zero-order chi connectivity index (χ0) is 12.9. The number of hydrogen-bond donors (Lipinski definition) is 2. The topological polar surface area (TPSA) is 72.6 Å². The molecular weight excluding hydrogens is 257 g/mol. The minimum absolute atomic E-state index is 0.0601. The maximum Gasteiger partial charge on any atom is 0.339 e. The molecule has 0 bridgehead atoms. The molecule has 2 aromatic rings. The highest BCUT2D eigenvalue weighted by Gasteiger charge is 2.28. The van der Waals surface area contributed by atoms with Gasteiger partial charge in [0.2, 0.25) is 0 Å². The van der Waals surface area contributed by atoms with E-state index in [0.717, 1.165) is 11.3 Å². The zero-order valence-electron chi connectivity index (χ0n) is 9.07. The van der Waals surface area contributed by atoms with Crippen LogP contribution in [0.5, 0.6) is 5.75 Å². The summed E-state index contributed by atoms with van der Waals surface area (Å²) in [5.74, 6) is -0.940. The molecule has 0 atom stereocenters. The highest BCUT2D eigenvalue weighted by Crippen LogP contribution is 2.46. The molecule has 18 heavy (non-hydrogen) atoms. The first kappa shape index (κ1) is 11.0. The van der Waals surface area contributed by atoms with E-state index in [1.807, 2.05) is 0 Å². The number of ether oxygens (including phenoxy) is 1. The fraction of sp³-hybridized carbons (Fsp3) is 0.0833. The number of thiophene rings is 1. The quantitative estimate of drug-likeness (QED) is 0.831. The number of carbonyl (C=O) groups is 1. The Morgan fingerprint density at radius 2 is 2.28 bits per heavy atom. The lowest BCUT2D eigenvalue weighted by Crippen LogP contribution is -2.09. The molecule has 0 amide bonds. The van der Waals surface area contributed by atoms with Gasteiger partial charge in [0.05, 0.1) is 0 Å². The molecule has 0 unspecified atom stereocenters. The summed E-state index contributed by atoms with van der Waals surface area (Å²) in [5.41, 5.74) is 6.84. The van der Waals surface area contributed by atoms with Gasteiger partial charge in [-0.25, -0.2) is 9.18 Å². The fourth-order valence-electron chi connectivity index (χ4n) is 2.03. The number of carboxylic acids is 1. The summed E-state index contributed by atoms with van der Waals surface area (Å²) in [6.07, 6.45) is 0. The normalized spacial score (nSPS) is 12.5. The Morgan fingerprint density at radius 3 is 3.00 bits per heavy atom. The smallest absolute Gasteiger partial charge is 0.339 e. The van der Waals surface area contributed by atoms with Crippen molar-refractivity contribution >= 4 is 22.3 Å². The van der Waals surface area contributed by atoms with Crippen molar-refractivity contribution in [2.45, 2.75) is 6.61 Å². The van der Waals surface area contributed by atoms with Crippen LogP contribution in [0.1, 0.15) is 15.9 Å². The number of halogens is 1. The van der Waals surface area contributed by atoms with E-state index >= 15 is 0 Å². The molecule has 1 aromatic carbocycles. The molecule has 0 radical (unpaired) electrons. The Balaban J connectivity index is 2.28. The second-order valence-electron chi connectivity index (χ2n) is 3.88. The van der Waals surface area contributed by atoms with Crippen LogP contribution in [0.3, 0.4) is 0 Å². The third-order valence-corrected chi connectivity index (χ3v) is 3.90. The molecule has 0 saturated carbocycles. The second-order valence-corrected chi connectivity index (χ2v) is 4.94. The largest absolute Gasteiger partial charge is 0.488 e. The number of fused-ring (bicyclic) bond motifs is 3. The van der Waals surface area contributed by atoms with Crippen LogP contribution in [0.2, 0.25) is 0 Å². The van der Waals surface area contributed by atoms with E-state index in [-0.39, 0.29) is 17.2 Å².